The first kappa shape index (κ1) is 40.3. The van der Waals surface area contributed by atoms with Crippen LogP contribution in [0.5, 0.6) is 0 Å². The third kappa shape index (κ3) is 7.20. The van der Waals surface area contributed by atoms with Gasteiger partial charge >= 0.3 is 0 Å². The van der Waals surface area contributed by atoms with E-state index in [1.54, 1.807) is 0 Å². The van der Waals surface area contributed by atoms with Crippen LogP contribution in [0.4, 0.5) is 0 Å². The van der Waals surface area contributed by atoms with E-state index in [9.17, 15) is 5.41 Å². The van der Waals surface area contributed by atoms with Gasteiger partial charge in [-0.3, -0.25) is 5.41 Å². The van der Waals surface area contributed by atoms with Crippen LogP contribution >= 0.6 is 0 Å². The molecule has 2 aromatic heterocycles. The van der Waals surface area contributed by atoms with Crippen molar-refractivity contribution in [3.05, 3.63) is 265 Å². The monoisotopic (exact) mass is 869 g/mol. The summed E-state index contributed by atoms with van der Waals surface area (Å²) in [5.74, 6) is 0.564. The van der Waals surface area contributed by atoms with Crippen LogP contribution in [-0.4, -0.2) is 27.0 Å². The van der Waals surface area contributed by atoms with E-state index < -0.39 is 0 Å². The number of amidine groups is 2. The highest BCUT2D eigenvalue weighted by molar-refractivity contribution is 6.29. The molecule has 0 spiro atoms. The zero-order chi connectivity index (χ0) is 45.4. The van der Waals surface area contributed by atoms with Crippen LogP contribution in [0.2, 0.25) is 0 Å². The molecular formula is C63H43N5. The Kier molecular flexibility index (Phi) is 10.3. The minimum absolute atomic E-state index is 0.110. The second-order valence-corrected chi connectivity index (χ2v) is 16.9. The smallest absolute Gasteiger partial charge is 0.161 e. The van der Waals surface area contributed by atoms with E-state index >= 15 is 0 Å². The summed E-state index contributed by atoms with van der Waals surface area (Å²) in [6.07, 6.45) is 1.83. The zero-order valence-corrected chi connectivity index (χ0v) is 37.0. The number of hydrogen-bond donors (Lipinski definition) is 1. The van der Waals surface area contributed by atoms with Gasteiger partial charge in [-0.1, -0.05) is 200 Å². The molecule has 0 bridgehead atoms. The number of rotatable bonds is 8. The lowest BCUT2D eigenvalue weighted by Gasteiger charge is -2.21. The number of para-hydroxylation sites is 3. The van der Waals surface area contributed by atoms with E-state index in [4.69, 9.17) is 9.98 Å². The molecule has 0 saturated heterocycles. The Morgan fingerprint density at radius 1 is 0.382 bits per heavy atom. The molecule has 1 N–H and O–H groups in total. The van der Waals surface area contributed by atoms with Crippen molar-refractivity contribution in [2.45, 2.75) is 0 Å². The van der Waals surface area contributed by atoms with Gasteiger partial charge in [-0.2, -0.15) is 0 Å². The standard InChI is InChI=1S/C63H43N5/c64-62(66-63(48-26-12-4-13-27-48)65-42-43-34-36-45(37-35-43)44-20-6-1-7-21-44)49-40-53(46-22-8-2-9-23-46)61(54(41-49)47-24-10-3-11-25-47)68-56-33-19-17-31-52(56)60-58(68)39-38-57-59(60)51-30-16-18-32-55(51)67(57)50-28-14-5-15-29-50/h1-42,64H. The second-order valence-electron chi connectivity index (χ2n) is 16.9. The Labute approximate surface area is 394 Å². The lowest BCUT2D eigenvalue weighted by Crippen LogP contribution is -2.07. The highest BCUT2D eigenvalue weighted by Gasteiger charge is 2.25. The highest BCUT2D eigenvalue weighted by Crippen LogP contribution is 2.46. The summed E-state index contributed by atoms with van der Waals surface area (Å²) in [5.41, 5.74) is 15.4. The average Bonchev–Trinajstić information content (AvgIpc) is 3.93. The van der Waals surface area contributed by atoms with Gasteiger partial charge in [0.1, 0.15) is 0 Å². The van der Waals surface area contributed by atoms with Gasteiger partial charge in [0.25, 0.3) is 0 Å². The Morgan fingerprint density at radius 2 is 0.824 bits per heavy atom. The summed E-state index contributed by atoms with van der Waals surface area (Å²) in [6, 6.07) is 86.7. The minimum atomic E-state index is 0.110. The van der Waals surface area contributed by atoms with Crippen molar-refractivity contribution in [2.75, 3.05) is 0 Å². The predicted octanol–water partition coefficient (Wildman–Crippen LogP) is 15.8. The zero-order valence-electron chi connectivity index (χ0n) is 37.0. The van der Waals surface area contributed by atoms with Gasteiger partial charge in [0, 0.05) is 55.7 Å². The molecule has 0 aliphatic rings. The molecule has 0 atom stereocenters. The molecule has 68 heavy (non-hydrogen) atoms. The first-order valence-electron chi connectivity index (χ1n) is 22.9. The second kappa shape index (κ2) is 17.3. The summed E-state index contributed by atoms with van der Waals surface area (Å²) in [7, 11) is 0. The number of aliphatic imine (C=N–C) groups is 2. The highest BCUT2D eigenvalue weighted by atomic mass is 15.0. The molecule has 320 valence electrons. The van der Waals surface area contributed by atoms with Crippen molar-refractivity contribution in [1.29, 1.82) is 5.41 Å². The number of aromatic nitrogens is 2. The fraction of sp³-hybridized carbons (Fsp3) is 0. The Morgan fingerprint density at radius 3 is 1.38 bits per heavy atom. The van der Waals surface area contributed by atoms with Crippen molar-refractivity contribution < 1.29 is 0 Å². The number of fused-ring (bicyclic) bond motifs is 7. The van der Waals surface area contributed by atoms with E-state index in [0.717, 1.165) is 77.9 Å². The van der Waals surface area contributed by atoms with Crippen LogP contribution in [-0.2, 0) is 0 Å². The van der Waals surface area contributed by atoms with Crippen LogP contribution in [0.1, 0.15) is 16.7 Å². The number of nitrogens with one attached hydrogen (secondary N) is 1. The molecule has 12 rings (SSSR count). The SMILES string of the molecule is N=C(N=C(N=Cc1ccc(-c2ccccc2)cc1)c1ccccc1)c1cc(-c2ccccc2)c(-n2c3ccccc3c3c4c5ccccc5n(-c5ccccc5)c4ccc32)c(-c2ccccc2)c1. The molecule has 5 heteroatoms. The van der Waals surface area contributed by atoms with Crippen LogP contribution in [0.15, 0.2) is 259 Å². The summed E-state index contributed by atoms with van der Waals surface area (Å²) in [4.78, 5) is 10.0. The predicted molar refractivity (Wildman–Crippen MR) is 285 cm³/mol. The van der Waals surface area contributed by atoms with Crippen LogP contribution < -0.4 is 0 Å². The molecule has 0 saturated carbocycles. The van der Waals surface area contributed by atoms with Gasteiger partial charge in [-0.05, 0) is 76.3 Å². The molecule has 0 fully saturated rings. The summed E-state index contributed by atoms with van der Waals surface area (Å²) in [5, 5.41) is 14.6. The molecule has 0 aliphatic carbocycles. The molecule has 0 amide bonds. The maximum absolute atomic E-state index is 9.81. The third-order valence-electron chi connectivity index (χ3n) is 12.9. The average molecular weight is 870 g/mol. The molecular weight excluding hydrogens is 827 g/mol. The fourth-order valence-corrected chi connectivity index (χ4v) is 9.76. The van der Waals surface area contributed by atoms with Crippen LogP contribution in [0.3, 0.4) is 0 Å². The molecule has 10 aromatic carbocycles. The van der Waals surface area contributed by atoms with Crippen molar-refractivity contribution in [2.24, 2.45) is 9.98 Å². The van der Waals surface area contributed by atoms with E-state index in [0.29, 0.717) is 11.4 Å². The quantitative estimate of drug-likeness (QED) is 0.117. The molecule has 12 aromatic rings. The summed E-state index contributed by atoms with van der Waals surface area (Å²) in [6.45, 7) is 0. The van der Waals surface area contributed by atoms with E-state index in [1.807, 2.05) is 42.6 Å². The van der Waals surface area contributed by atoms with Crippen molar-refractivity contribution in [1.82, 2.24) is 9.13 Å². The van der Waals surface area contributed by atoms with Gasteiger partial charge < -0.3 is 9.13 Å². The van der Waals surface area contributed by atoms with Crippen LogP contribution in [0, 0.1) is 5.41 Å². The van der Waals surface area contributed by atoms with Crippen molar-refractivity contribution >= 4 is 61.5 Å². The van der Waals surface area contributed by atoms with Gasteiger partial charge in [-0.25, -0.2) is 9.98 Å². The lowest BCUT2D eigenvalue weighted by atomic mass is 9.92. The van der Waals surface area contributed by atoms with E-state index in [2.05, 4.69) is 221 Å². The van der Waals surface area contributed by atoms with Gasteiger partial charge in [-0.15, -0.1) is 0 Å². The first-order chi connectivity index (χ1) is 33.7. The van der Waals surface area contributed by atoms with Gasteiger partial charge in [0.15, 0.2) is 11.7 Å². The van der Waals surface area contributed by atoms with Gasteiger partial charge in [0.05, 0.1) is 27.8 Å². The van der Waals surface area contributed by atoms with Crippen molar-refractivity contribution in [3.63, 3.8) is 0 Å². The van der Waals surface area contributed by atoms with Crippen LogP contribution in [0.25, 0.3) is 88.4 Å². The normalized spacial score (nSPS) is 11.9. The largest absolute Gasteiger partial charge is 0.309 e. The Balaban J connectivity index is 1.08. The molecule has 0 radical (unpaired) electrons. The molecule has 0 aliphatic heterocycles. The Bertz CT molecular complexity index is 3810. The summed E-state index contributed by atoms with van der Waals surface area (Å²) >= 11 is 0. The first-order valence-corrected chi connectivity index (χ1v) is 22.9. The number of benzene rings is 10. The number of nitrogens with zero attached hydrogens (tertiary/aromatic N) is 4. The number of hydrogen-bond acceptors (Lipinski definition) is 1. The fourth-order valence-electron chi connectivity index (χ4n) is 9.76. The minimum Gasteiger partial charge on any atom is -0.309 e. The third-order valence-corrected chi connectivity index (χ3v) is 12.9. The van der Waals surface area contributed by atoms with E-state index in [1.165, 1.54) is 21.5 Å². The van der Waals surface area contributed by atoms with Gasteiger partial charge in [0.2, 0.25) is 0 Å². The summed E-state index contributed by atoms with van der Waals surface area (Å²) < 4.78 is 4.83. The Hall–Kier alpha value is -9.19. The maximum Gasteiger partial charge on any atom is 0.161 e. The van der Waals surface area contributed by atoms with E-state index in [-0.39, 0.29) is 5.84 Å². The molecule has 2 heterocycles. The molecule has 5 nitrogen and oxygen atoms in total. The molecule has 0 unspecified atom stereocenters. The van der Waals surface area contributed by atoms with Crippen molar-refractivity contribution in [3.8, 4) is 44.8 Å². The topological polar surface area (TPSA) is 58.4 Å². The lowest BCUT2D eigenvalue weighted by molar-refractivity contribution is 1.17. The maximum atomic E-state index is 9.81.